The lowest BCUT2D eigenvalue weighted by atomic mass is 9.89. The molecule has 162 valence electrons. The zero-order valence-corrected chi connectivity index (χ0v) is 19.8. The second-order valence-electron chi connectivity index (χ2n) is 7.76. The topological polar surface area (TPSA) is 81.7 Å². The van der Waals surface area contributed by atoms with Gasteiger partial charge in [0.15, 0.2) is 0 Å². The minimum absolute atomic E-state index is 0.521. The predicted octanol–water partition coefficient (Wildman–Crippen LogP) is 5.30. The fourth-order valence-corrected chi connectivity index (χ4v) is 7.25. The van der Waals surface area contributed by atoms with Gasteiger partial charge in [0.05, 0.1) is 33.7 Å². The molecule has 6 heteroatoms. The van der Waals surface area contributed by atoms with Crippen molar-refractivity contribution in [1.82, 2.24) is 0 Å². The van der Waals surface area contributed by atoms with Crippen LogP contribution in [0.1, 0.15) is 28.2 Å². The summed E-state index contributed by atoms with van der Waals surface area (Å²) < 4.78 is 26.7. The minimum Gasteiger partial charge on any atom is -0.253 e. The van der Waals surface area contributed by atoms with Crippen LogP contribution in [0.15, 0.2) is 82.6 Å². The molecule has 4 nitrogen and oxygen atoms in total. The molecule has 2 unspecified atom stereocenters. The molecule has 0 aliphatic heterocycles. The number of benzene rings is 3. The van der Waals surface area contributed by atoms with Crippen molar-refractivity contribution in [1.29, 1.82) is 10.5 Å². The number of nitrogens with zero attached hydrogens (tertiary/aromatic N) is 2. The van der Waals surface area contributed by atoms with Gasteiger partial charge >= 0.3 is 0 Å². The van der Waals surface area contributed by atoms with Crippen molar-refractivity contribution in [2.45, 2.75) is 41.1 Å². The van der Waals surface area contributed by atoms with Crippen molar-refractivity contribution in [3.05, 3.63) is 95.1 Å². The lowest BCUT2D eigenvalue weighted by Crippen LogP contribution is -2.33. The molecule has 0 aliphatic rings. The molecule has 0 N–H and O–H groups in total. The van der Waals surface area contributed by atoms with Crippen molar-refractivity contribution < 1.29 is 8.42 Å². The van der Waals surface area contributed by atoms with Crippen LogP contribution in [0.4, 0.5) is 0 Å². The molecule has 3 aromatic rings. The highest BCUT2D eigenvalue weighted by molar-refractivity contribution is 8.03. The number of hydrogen-bond donors (Lipinski definition) is 0. The van der Waals surface area contributed by atoms with E-state index in [1.165, 1.54) is 0 Å². The van der Waals surface area contributed by atoms with Crippen LogP contribution in [0.2, 0.25) is 0 Å². The van der Waals surface area contributed by atoms with E-state index in [-0.39, 0.29) is 0 Å². The van der Waals surface area contributed by atoms with E-state index in [1.54, 1.807) is 24.3 Å². The average Bonchev–Trinajstić information content (AvgIpc) is 2.80. The highest BCUT2D eigenvalue weighted by Gasteiger charge is 2.40. The molecule has 0 aromatic heterocycles. The average molecular weight is 461 g/mol. The van der Waals surface area contributed by atoms with Crippen LogP contribution in [0.5, 0.6) is 0 Å². The first-order valence-corrected chi connectivity index (χ1v) is 12.6. The summed E-state index contributed by atoms with van der Waals surface area (Å²) in [5.74, 6) is -1.90. The highest BCUT2D eigenvalue weighted by Crippen LogP contribution is 2.37. The first-order chi connectivity index (χ1) is 15.3. The Bertz CT molecular complexity index is 1130. The molecule has 0 amide bonds. The zero-order chi connectivity index (χ0) is 23.3. The Morgan fingerprint density at radius 3 is 1.31 bits per heavy atom. The summed E-state index contributed by atoms with van der Waals surface area (Å²) in [7, 11) is -3.45. The molecule has 0 spiro atoms. The van der Waals surface area contributed by atoms with Crippen LogP contribution in [-0.4, -0.2) is 13.0 Å². The van der Waals surface area contributed by atoms with E-state index in [2.05, 4.69) is 0 Å². The molecule has 0 bridgehead atoms. The number of rotatable bonds is 7. The van der Waals surface area contributed by atoms with E-state index in [0.717, 1.165) is 16.7 Å². The molecule has 3 atom stereocenters. The second kappa shape index (κ2) is 10.5. The largest absolute Gasteiger partial charge is 0.253 e. The van der Waals surface area contributed by atoms with Crippen molar-refractivity contribution in [2.24, 2.45) is 5.92 Å². The summed E-state index contributed by atoms with van der Waals surface area (Å²) in [5.41, 5.74) is 3.73. The third kappa shape index (κ3) is 5.22. The van der Waals surface area contributed by atoms with Gasteiger partial charge in [-0.15, -0.1) is 0 Å². The first kappa shape index (κ1) is 23.6. The number of nitriles is 2. The van der Waals surface area contributed by atoms with Gasteiger partial charge < -0.3 is 0 Å². The van der Waals surface area contributed by atoms with Gasteiger partial charge in [-0.25, -0.2) is 0 Å². The van der Waals surface area contributed by atoms with Gasteiger partial charge in [-0.05, 0) is 50.6 Å². The Morgan fingerprint density at radius 2 is 0.969 bits per heavy atom. The molecule has 3 aromatic carbocycles. The van der Waals surface area contributed by atoms with Gasteiger partial charge in [0.1, 0.15) is 10.5 Å². The Balaban J connectivity index is 2.20. The molecule has 0 aliphatic carbocycles. The Kier molecular flexibility index (Phi) is 7.75. The molecular weight excluding hydrogens is 436 g/mol. The molecule has 0 heterocycles. The lowest BCUT2D eigenvalue weighted by molar-refractivity contribution is 0.612. The van der Waals surface area contributed by atoms with Crippen molar-refractivity contribution in [2.75, 3.05) is 0 Å². The van der Waals surface area contributed by atoms with Gasteiger partial charge in [-0.2, -0.15) is 10.5 Å². The number of aryl methyl sites for hydroxylation is 3. The van der Waals surface area contributed by atoms with E-state index in [1.807, 2.05) is 81.4 Å². The highest BCUT2D eigenvalue weighted by atomic mass is 32.2. The van der Waals surface area contributed by atoms with E-state index < -0.39 is 38.0 Å². The van der Waals surface area contributed by atoms with Crippen LogP contribution in [-0.2, 0) is 21.6 Å². The maximum Gasteiger partial charge on any atom is 0.142 e. The second-order valence-corrected chi connectivity index (χ2v) is 11.2. The van der Waals surface area contributed by atoms with Crippen LogP contribution in [0.25, 0.3) is 0 Å². The summed E-state index contributed by atoms with van der Waals surface area (Å²) in [6.07, 6.45) is 0. The van der Waals surface area contributed by atoms with Gasteiger partial charge in [0, 0.05) is 15.7 Å². The summed E-state index contributed by atoms with van der Waals surface area (Å²) in [4.78, 5) is 1.04. The summed E-state index contributed by atoms with van der Waals surface area (Å²) in [5, 5.41) is 19.5. The van der Waals surface area contributed by atoms with Crippen LogP contribution in [0, 0.1) is 49.4 Å². The van der Waals surface area contributed by atoms with E-state index in [0.29, 0.717) is 15.4 Å². The van der Waals surface area contributed by atoms with Crippen LogP contribution in [0.3, 0.4) is 0 Å². The quantitative estimate of drug-likeness (QED) is 0.479. The molecule has 0 saturated carbocycles. The fraction of sp³-hybridized carbons (Fsp3) is 0.231. The van der Waals surface area contributed by atoms with Gasteiger partial charge in [0.2, 0.25) is 0 Å². The Labute approximate surface area is 194 Å². The van der Waals surface area contributed by atoms with Gasteiger partial charge in [-0.3, -0.25) is 8.42 Å². The first-order valence-electron chi connectivity index (χ1n) is 10.2. The van der Waals surface area contributed by atoms with Crippen molar-refractivity contribution in [3.8, 4) is 12.1 Å². The molecular formula is C26H24N2O2S2. The normalized spacial score (nSPS) is 14.7. The summed E-state index contributed by atoms with van der Waals surface area (Å²) in [6.45, 7) is 5.81. The predicted molar refractivity (Wildman–Crippen MR) is 128 cm³/mol. The summed E-state index contributed by atoms with van der Waals surface area (Å²) >= 11 is 0. The fourth-order valence-electron chi connectivity index (χ4n) is 3.44. The maximum atomic E-state index is 13.9. The Hall–Kier alpha value is -3.06. The van der Waals surface area contributed by atoms with Crippen molar-refractivity contribution in [3.63, 3.8) is 0 Å². The smallest absolute Gasteiger partial charge is 0.142 e. The third-order valence-electron chi connectivity index (χ3n) is 5.32. The molecule has 0 saturated heterocycles. The Morgan fingerprint density at radius 1 is 0.625 bits per heavy atom. The van der Waals surface area contributed by atoms with Crippen LogP contribution < -0.4 is 0 Å². The standard InChI is InChI=1S/C26H24N2O2S2/c1-18-4-10-21(11-5-18)25(22(16-27)17-28)26(31(29)23-12-6-19(2)7-13-23)32(30)24-14-8-20(3)9-15-24/h4-15,22,25-26H,1-3H3/t25-,26?,31?,32?/m0/s1. The van der Waals surface area contributed by atoms with Crippen LogP contribution >= 0.6 is 0 Å². The molecule has 3 rings (SSSR count). The molecule has 0 radical (unpaired) electrons. The molecule has 32 heavy (non-hydrogen) atoms. The van der Waals surface area contributed by atoms with Gasteiger partial charge in [-0.1, -0.05) is 65.2 Å². The molecule has 0 fully saturated rings. The monoisotopic (exact) mass is 460 g/mol. The van der Waals surface area contributed by atoms with Gasteiger partial charge in [0.25, 0.3) is 0 Å². The van der Waals surface area contributed by atoms with Crippen molar-refractivity contribution >= 4 is 21.6 Å². The SMILES string of the molecule is Cc1ccc([C@@H](C(C#N)C#N)C(S(=O)c2ccc(C)cc2)S(=O)c2ccc(C)cc2)cc1. The lowest BCUT2D eigenvalue weighted by Gasteiger charge is -2.27. The maximum absolute atomic E-state index is 13.9. The van der Waals surface area contributed by atoms with E-state index in [9.17, 15) is 18.9 Å². The third-order valence-corrected chi connectivity index (χ3v) is 9.27. The van der Waals surface area contributed by atoms with E-state index in [4.69, 9.17) is 0 Å². The zero-order valence-electron chi connectivity index (χ0n) is 18.2. The van der Waals surface area contributed by atoms with E-state index >= 15 is 0 Å². The minimum atomic E-state index is -1.73. The number of hydrogen-bond acceptors (Lipinski definition) is 4. The summed E-state index contributed by atoms with van der Waals surface area (Å²) in [6, 6.07) is 25.9.